The van der Waals surface area contributed by atoms with Crippen molar-refractivity contribution in [2.45, 2.75) is 39.7 Å². The highest BCUT2D eigenvalue weighted by Crippen LogP contribution is 2.18. The molecule has 0 saturated heterocycles. The van der Waals surface area contributed by atoms with Crippen molar-refractivity contribution >= 4 is 17.7 Å². The summed E-state index contributed by atoms with van der Waals surface area (Å²) in [6.45, 7) is 6.84. The molecule has 0 bridgehead atoms. The van der Waals surface area contributed by atoms with E-state index >= 15 is 0 Å². The van der Waals surface area contributed by atoms with E-state index in [9.17, 15) is 9.59 Å². The Morgan fingerprint density at radius 2 is 1.92 bits per heavy atom. The largest absolute Gasteiger partial charge is 0.467 e. The summed E-state index contributed by atoms with van der Waals surface area (Å²) >= 11 is 0. The summed E-state index contributed by atoms with van der Waals surface area (Å²) in [7, 11) is 0. The minimum Gasteiger partial charge on any atom is -0.467 e. The summed E-state index contributed by atoms with van der Waals surface area (Å²) in [6.07, 6.45) is 1.69. The molecule has 0 saturated carbocycles. The van der Waals surface area contributed by atoms with Gasteiger partial charge in [-0.25, -0.2) is 4.79 Å². The summed E-state index contributed by atoms with van der Waals surface area (Å²) in [5.41, 5.74) is 1.91. The molecule has 6 nitrogen and oxygen atoms in total. The zero-order chi connectivity index (χ0) is 18.9. The minimum absolute atomic E-state index is 0.133. The number of esters is 1. The first-order valence-electron chi connectivity index (χ1n) is 8.83. The molecule has 2 amide bonds. The van der Waals surface area contributed by atoms with Crippen molar-refractivity contribution in [3.05, 3.63) is 54.0 Å². The molecule has 0 radical (unpaired) electrons. The monoisotopic (exact) mass is 358 g/mol. The van der Waals surface area contributed by atoms with Gasteiger partial charge < -0.3 is 19.4 Å². The molecule has 0 unspecified atom stereocenters. The van der Waals surface area contributed by atoms with Gasteiger partial charge >= 0.3 is 12.0 Å². The van der Waals surface area contributed by atoms with E-state index in [0.29, 0.717) is 24.0 Å². The molecule has 0 atom stereocenters. The van der Waals surface area contributed by atoms with E-state index in [1.807, 2.05) is 24.3 Å². The lowest BCUT2D eigenvalue weighted by atomic mass is 10.0. The predicted molar refractivity (Wildman–Crippen MR) is 99.9 cm³/mol. The van der Waals surface area contributed by atoms with E-state index in [4.69, 9.17) is 9.15 Å². The fourth-order valence-corrected chi connectivity index (χ4v) is 2.46. The van der Waals surface area contributed by atoms with Gasteiger partial charge in [0.05, 0.1) is 25.8 Å². The molecule has 0 aliphatic rings. The number of anilines is 1. The quantitative estimate of drug-likeness (QED) is 0.710. The molecule has 140 valence electrons. The van der Waals surface area contributed by atoms with Gasteiger partial charge in [0.15, 0.2) is 0 Å². The Morgan fingerprint density at radius 3 is 2.50 bits per heavy atom. The molecule has 26 heavy (non-hydrogen) atoms. The Balaban J connectivity index is 2.02. The molecule has 1 aromatic carbocycles. The van der Waals surface area contributed by atoms with Crippen LogP contribution in [0.4, 0.5) is 10.5 Å². The number of urea groups is 1. The van der Waals surface area contributed by atoms with Crippen molar-refractivity contribution < 1.29 is 18.7 Å². The van der Waals surface area contributed by atoms with Crippen molar-refractivity contribution in [1.29, 1.82) is 0 Å². The number of furan rings is 1. The van der Waals surface area contributed by atoms with Gasteiger partial charge in [-0.05, 0) is 42.7 Å². The van der Waals surface area contributed by atoms with Gasteiger partial charge in [-0.3, -0.25) is 4.79 Å². The maximum absolute atomic E-state index is 12.6. The second-order valence-corrected chi connectivity index (χ2v) is 6.26. The fourth-order valence-electron chi connectivity index (χ4n) is 2.46. The van der Waals surface area contributed by atoms with Gasteiger partial charge in [0, 0.05) is 12.2 Å². The van der Waals surface area contributed by atoms with Gasteiger partial charge in [-0.2, -0.15) is 0 Å². The maximum Gasteiger partial charge on any atom is 0.322 e. The average Bonchev–Trinajstić information content (AvgIpc) is 3.12. The number of benzene rings is 1. The lowest BCUT2D eigenvalue weighted by molar-refractivity contribution is -0.143. The van der Waals surface area contributed by atoms with Crippen LogP contribution < -0.4 is 5.32 Å². The van der Waals surface area contributed by atoms with Crippen LogP contribution in [0.1, 0.15) is 44.4 Å². The maximum atomic E-state index is 12.6. The van der Waals surface area contributed by atoms with Crippen LogP contribution in [0.25, 0.3) is 0 Å². The van der Waals surface area contributed by atoms with Crippen LogP contribution in [-0.2, 0) is 16.1 Å². The molecule has 0 spiro atoms. The number of hydrogen-bond acceptors (Lipinski definition) is 4. The van der Waals surface area contributed by atoms with Crippen LogP contribution in [0.3, 0.4) is 0 Å². The molecular weight excluding hydrogens is 332 g/mol. The molecule has 2 aromatic rings. The zero-order valence-electron chi connectivity index (χ0n) is 15.5. The molecule has 1 N–H and O–H groups in total. The lowest BCUT2D eigenvalue weighted by Crippen LogP contribution is -2.36. The first kappa shape index (κ1) is 19.6. The number of hydrogen-bond donors (Lipinski definition) is 1. The first-order valence-corrected chi connectivity index (χ1v) is 8.83. The van der Waals surface area contributed by atoms with Gasteiger partial charge in [-0.1, -0.05) is 26.0 Å². The molecule has 6 heteroatoms. The summed E-state index contributed by atoms with van der Waals surface area (Å²) in [5.74, 6) is 0.755. The Kier molecular flexibility index (Phi) is 7.26. The highest BCUT2D eigenvalue weighted by Gasteiger charge is 2.17. The van der Waals surface area contributed by atoms with E-state index in [-0.39, 0.29) is 31.5 Å². The third-order valence-electron chi connectivity index (χ3n) is 3.93. The Labute approximate surface area is 154 Å². The molecule has 0 aliphatic carbocycles. The summed E-state index contributed by atoms with van der Waals surface area (Å²) in [5, 5.41) is 2.87. The van der Waals surface area contributed by atoms with Crippen LogP contribution >= 0.6 is 0 Å². The van der Waals surface area contributed by atoms with E-state index in [0.717, 1.165) is 0 Å². The topological polar surface area (TPSA) is 71.8 Å². The zero-order valence-corrected chi connectivity index (χ0v) is 15.5. The summed E-state index contributed by atoms with van der Waals surface area (Å²) in [4.78, 5) is 25.8. The SMILES string of the molecule is CCOC(=O)CCN(Cc1ccco1)C(=O)Nc1ccc(C(C)C)cc1. The minimum atomic E-state index is -0.328. The standard InChI is InChI=1S/C20H26N2O4/c1-4-25-19(23)11-12-22(14-18-6-5-13-26-18)20(24)21-17-9-7-16(8-10-17)15(2)3/h5-10,13,15H,4,11-12,14H2,1-3H3,(H,21,24). The number of nitrogens with zero attached hydrogens (tertiary/aromatic N) is 1. The molecule has 1 heterocycles. The van der Waals surface area contributed by atoms with Crippen LogP contribution in [0.15, 0.2) is 47.1 Å². The van der Waals surface area contributed by atoms with Crippen LogP contribution in [-0.4, -0.2) is 30.1 Å². The predicted octanol–water partition coefficient (Wildman–Crippen LogP) is 4.39. The third kappa shape index (κ3) is 5.95. The highest BCUT2D eigenvalue weighted by atomic mass is 16.5. The molecule has 0 aliphatic heterocycles. The normalized spacial score (nSPS) is 10.6. The van der Waals surface area contributed by atoms with Crippen LogP contribution in [0.2, 0.25) is 0 Å². The Hall–Kier alpha value is -2.76. The van der Waals surface area contributed by atoms with Crippen molar-refractivity contribution in [3.8, 4) is 0 Å². The summed E-state index contributed by atoms with van der Waals surface area (Å²) < 4.78 is 10.3. The number of ether oxygens (including phenoxy) is 1. The molecule has 1 aromatic heterocycles. The summed E-state index contributed by atoms with van der Waals surface area (Å²) in [6, 6.07) is 11.0. The Bertz CT molecular complexity index is 693. The number of nitrogens with one attached hydrogen (secondary N) is 1. The van der Waals surface area contributed by atoms with E-state index in [1.165, 1.54) is 10.5 Å². The highest BCUT2D eigenvalue weighted by molar-refractivity contribution is 5.89. The van der Waals surface area contributed by atoms with Crippen molar-refractivity contribution in [2.75, 3.05) is 18.5 Å². The number of rotatable bonds is 8. The van der Waals surface area contributed by atoms with Crippen molar-refractivity contribution in [3.63, 3.8) is 0 Å². The fraction of sp³-hybridized carbons (Fsp3) is 0.400. The molecule has 2 rings (SSSR count). The molecule has 0 fully saturated rings. The first-order chi connectivity index (χ1) is 12.5. The average molecular weight is 358 g/mol. The van der Waals surface area contributed by atoms with E-state index < -0.39 is 0 Å². The second-order valence-electron chi connectivity index (χ2n) is 6.26. The number of carbonyl (C=O) groups is 2. The van der Waals surface area contributed by atoms with Gasteiger partial charge in [0.1, 0.15) is 5.76 Å². The van der Waals surface area contributed by atoms with E-state index in [1.54, 1.807) is 25.3 Å². The number of amides is 2. The van der Waals surface area contributed by atoms with Crippen LogP contribution in [0.5, 0.6) is 0 Å². The van der Waals surface area contributed by atoms with E-state index in [2.05, 4.69) is 19.2 Å². The van der Waals surface area contributed by atoms with Crippen molar-refractivity contribution in [1.82, 2.24) is 4.90 Å². The molecular formula is C20H26N2O4. The smallest absolute Gasteiger partial charge is 0.322 e. The second kappa shape index (κ2) is 9.65. The Morgan fingerprint density at radius 1 is 1.19 bits per heavy atom. The lowest BCUT2D eigenvalue weighted by Gasteiger charge is -2.22. The third-order valence-corrected chi connectivity index (χ3v) is 3.93. The number of carbonyl (C=O) groups excluding carboxylic acids is 2. The van der Waals surface area contributed by atoms with Crippen molar-refractivity contribution in [2.24, 2.45) is 0 Å². The van der Waals surface area contributed by atoms with Gasteiger partial charge in [0.2, 0.25) is 0 Å². The van der Waals surface area contributed by atoms with Crippen LogP contribution in [0, 0.1) is 0 Å². The van der Waals surface area contributed by atoms with Gasteiger partial charge in [-0.15, -0.1) is 0 Å². The van der Waals surface area contributed by atoms with Gasteiger partial charge in [0.25, 0.3) is 0 Å².